The van der Waals surface area contributed by atoms with Gasteiger partial charge >= 0.3 is 0 Å². The highest BCUT2D eigenvalue weighted by atomic mass is 32.2. The highest BCUT2D eigenvalue weighted by Gasteiger charge is 2.29. The number of hydrogen-bond donors (Lipinski definition) is 0. The van der Waals surface area contributed by atoms with Gasteiger partial charge in [0, 0.05) is 12.6 Å². The lowest BCUT2D eigenvalue weighted by Crippen LogP contribution is -2.17. The molecule has 0 unspecified atom stereocenters. The van der Waals surface area contributed by atoms with E-state index < -0.39 is 38.0 Å². The van der Waals surface area contributed by atoms with E-state index >= 15 is 0 Å². The molecule has 21 heavy (non-hydrogen) atoms. The van der Waals surface area contributed by atoms with Gasteiger partial charge in [-0.15, -0.1) is 10.2 Å². The summed E-state index contributed by atoms with van der Waals surface area (Å²) in [6, 6.07) is 3.27. The number of nitrogens with zero attached hydrogens (tertiary/aromatic N) is 3. The number of aryl methyl sites for hydroxylation is 1. The fraction of sp³-hybridized carbons (Fsp3) is 0.385. The summed E-state index contributed by atoms with van der Waals surface area (Å²) < 4.78 is 53.7. The smallest absolute Gasteiger partial charge is 0.164 e. The minimum Gasteiger partial charge on any atom is -0.317 e. The van der Waals surface area contributed by atoms with Crippen molar-refractivity contribution < 1.29 is 17.2 Å². The average molecular weight is 315 g/mol. The lowest BCUT2D eigenvalue weighted by Gasteiger charge is -2.14. The number of rotatable bonds is 4. The van der Waals surface area contributed by atoms with Crippen LogP contribution in [0.3, 0.4) is 0 Å². The van der Waals surface area contributed by atoms with E-state index in [1.54, 1.807) is 14.0 Å². The zero-order valence-corrected chi connectivity index (χ0v) is 12.7. The molecule has 0 amide bonds. The molecule has 2 rings (SSSR count). The molecule has 1 atom stereocenters. The molecule has 5 nitrogen and oxygen atoms in total. The van der Waals surface area contributed by atoms with Crippen molar-refractivity contribution in [2.45, 2.75) is 24.9 Å². The van der Waals surface area contributed by atoms with E-state index in [1.165, 1.54) is 17.6 Å². The maximum absolute atomic E-state index is 13.7. The molecular formula is C13H15F2N3O2S. The molecule has 0 N–H and O–H groups in total. The lowest BCUT2D eigenvalue weighted by atomic mass is 10.1. The van der Waals surface area contributed by atoms with Crippen LogP contribution in [0.5, 0.6) is 0 Å². The fourth-order valence-corrected chi connectivity index (χ4v) is 3.41. The first-order valence-electron chi connectivity index (χ1n) is 6.24. The van der Waals surface area contributed by atoms with Crippen molar-refractivity contribution >= 4 is 9.84 Å². The zero-order chi connectivity index (χ0) is 15.8. The Kier molecular flexibility index (Phi) is 4.08. The van der Waals surface area contributed by atoms with Gasteiger partial charge in [-0.25, -0.2) is 17.2 Å². The van der Waals surface area contributed by atoms with E-state index in [4.69, 9.17) is 0 Å². The van der Waals surface area contributed by atoms with Gasteiger partial charge in [0.2, 0.25) is 0 Å². The molecule has 2 aromatic rings. The predicted molar refractivity (Wildman–Crippen MR) is 73.1 cm³/mol. The van der Waals surface area contributed by atoms with E-state index in [-0.39, 0.29) is 5.82 Å². The summed E-state index contributed by atoms with van der Waals surface area (Å²) in [5.74, 6) is -1.39. The normalized spacial score (nSPS) is 13.4. The molecular weight excluding hydrogens is 300 g/mol. The van der Waals surface area contributed by atoms with Crippen LogP contribution in [0.2, 0.25) is 0 Å². The molecule has 0 bridgehead atoms. The number of benzene rings is 1. The molecule has 0 spiro atoms. The minimum atomic E-state index is -3.82. The quantitative estimate of drug-likeness (QED) is 0.866. The Balaban J connectivity index is 2.38. The van der Waals surface area contributed by atoms with Crippen LogP contribution in [-0.4, -0.2) is 23.2 Å². The molecule has 0 radical (unpaired) electrons. The summed E-state index contributed by atoms with van der Waals surface area (Å²) in [7, 11) is -2.19. The van der Waals surface area contributed by atoms with Crippen molar-refractivity contribution in [1.29, 1.82) is 0 Å². The zero-order valence-electron chi connectivity index (χ0n) is 11.8. The molecule has 1 heterocycles. The molecule has 0 saturated carbocycles. The summed E-state index contributed by atoms with van der Waals surface area (Å²) in [5.41, 5.74) is -0.448. The van der Waals surface area contributed by atoms with Crippen LogP contribution in [0.25, 0.3) is 0 Å². The van der Waals surface area contributed by atoms with Gasteiger partial charge in [0.05, 0.1) is 5.25 Å². The molecule has 0 aliphatic rings. The molecule has 0 aliphatic heterocycles. The SMILES string of the molecule is Cc1nnc(CS(=O)(=O)[C@@H](C)c2c(F)cccc2F)n1C. The average Bonchev–Trinajstić information content (AvgIpc) is 2.70. The highest BCUT2D eigenvalue weighted by molar-refractivity contribution is 7.90. The second-order valence-corrected chi connectivity index (χ2v) is 7.13. The first-order valence-corrected chi connectivity index (χ1v) is 7.96. The van der Waals surface area contributed by atoms with Gasteiger partial charge in [0.15, 0.2) is 9.84 Å². The maximum atomic E-state index is 13.7. The molecule has 1 aromatic carbocycles. The number of halogens is 2. The lowest BCUT2D eigenvalue weighted by molar-refractivity contribution is 0.540. The highest BCUT2D eigenvalue weighted by Crippen LogP contribution is 2.29. The van der Waals surface area contributed by atoms with Gasteiger partial charge in [-0.1, -0.05) is 6.07 Å². The third-order valence-corrected chi connectivity index (χ3v) is 5.43. The van der Waals surface area contributed by atoms with Crippen molar-refractivity contribution in [2.24, 2.45) is 7.05 Å². The summed E-state index contributed by atoms with van der Waals surface area (Å²) in [6.07, 6.45) is 0. The van der Waals surface area contributed by atoms with Crippen LogP contribution in [0.1, 0.15) is 29.4 Å². The second kappa shape index (κ2) is 5.51. The van der Waals surface area contributed by atoms with Crippen LogP contribution in [0.4, 0.5) is 8.78 Å². The van der Waals surface area contributed by atoms with Crippen molar-refractivity contribution in [3.8, 4) is 0 Å². The summed E-state index contributed by atoms with van der Waals surface area (Å²) in [4.78, 5) is 0. The van der Waals surface area contributed by atoms with Gasteiger partial charge in [0.25, 0.3) is 0 Å². The standard InChI is InChI=1S/C13H15F2N3O2S/c1-8(13-10(14)5-4-6-11(13)15)21(19,20)7-12-17-16-9(2)18(12)3/h4-6,8H,7H2,1-3H3/t8-/m0/s1. The monoisotopic (exact) mass is 315 g/mol. The van der Waals surface area contributed by atoms with Crippen molar-refractivity contribution in [1.82, 2.24) is 14.8 Å². The van der Waals surface area contributed by atoms with Crippen molar-refractivity contribution in [3.05, 3.63) is 47.0 Å². The van der Waals surface area contributed by atoms with Crippen LogP contribution in [0.15, 0.2) is 18.2 Å². The number of sulfone groups is 1. The summed E-state index contributed by atoms with van der Waals surface area (Å²) in [5, 5.41) is 6.23. The van der Waals surface area contributed by atoms with Gasteiger partial charge in [0.1, 0.15) is 29.0 Å². The second-order valence-electron chi connectivity index (χ2n) is 4.81. The van der Waals surface area contributed by atoms with Crippen molar-refractivity contribution in [2.75, 3.05) is 0 Å². The first-order chi connectivity index (χ1) is 9.74. The number of hydrogen-bond acceptors (Lipinski definition) is 4. The first kappa shape index (κ1) is 15.6. The molecule has 0 saturated heterocycles. The Hall–Kier alpha value is -1.83. The molecule has 8 heteroatoms. The van der Waals surface area contributed by atoms with E-state index in [0.29, 0.717) is 5.82 Å². The van der Waals surface area contributed by atoms with Gasteiger partial charge in [-0.05, 0) is 26.0 Å². The minimum absolute atomic E-state index is 0.232. The molecule has 0 fully saturated rings. The molecule has 114 valence electrons. The Morgan fingerprint density at radius 1 is 1.24 bits per heavy atom. The van der Waals surface area contributed by atoms with Gasteiger partial charge in [-0.2, -0.15) is 0 Å². The number of aromatic nitrogens is 3. The topological polar surface area (TPSA) is 64.8 Å². The van der Waals surface area contributed by atoms with E-state index in [0.717, 1.165) is 12.1 Å². The Morgan fingerprint density at radius 3 is 2.29 bits per heavy atom. The molecule has 1 aromatic heterocycles. The van der Waals surface area contributed by atoms with E-state index in [1.807, 2.05) is 0 Å². The summed E-state index contributed by atoms with van der Waals surface area (Å²) in [6.45, 7) is 2.95. The maximum Gasteiger partial charge on any atom is 0.164 e. The third kappa shape index (κ3) is 2.94. The van der Waals surface area contributed by atoms with E-state index in [2.05, 4.69) is 10.2 Å². The van der Waals surface area contributed by atoms with Gasteiger partial charge in [-0.3, -0.25) is 0 Å². The van der Waals surface area contributed by atoms with Crippen LogP contribution >= 0.6 is 0 Å². The predicted octanol–water partition coefficient (Wildman–Crippen LogP) is 2.08. The Bertz CT molecular complexity index is 751. The largest absolute Gasteiger partial charge is 0.317 e. The van der Waals surface area contributed by atoms with Gasteiger partial charge < -0.3 is 4.57 Å². The van der Waals surface area contributed by atoms with E-state index in [9.17, 15) is 17.2 Å². The molecule has 0 aliphatic carbocycles. The van der Waals surface area contributed by atoms with Crippen LogP contribution < -0.4 is 0 Å². The van der Waals surface area contributed by atoms with Crippen LogP contribution in [0, 0.1) is 18.6 Å². The van der Waals surface area contributed by atoms with Crippen LogP contribution in [-0.2, 0) is 22.6 Å². The van der Waals surface area contributed by atoms with Crippen molar-refractivity contribution in [3.63, 3.8) is 0 Å². The summed E-state index contributed by atoms with van der Waals surface area (Å²) >= 11 is 0. The Morgan fingerprint density at radius 2 is 1.81 bits per heavy atom. The third-order valence-electron chi connectivity index (χ3n) is 3.46. The Labute approximate surface area is 121 Å². The fourth-order valence-electron chi connectivity index (χ4n) is 1.96.